The van der Waals surface area contributed by atoms with E-state index in [1.165, 1.54) is 7.11 Å². The van der Waals surface area contributed by atoms with Crippen molar-refractivity contribution in [3.05, 3.63) is 35.9 Å². The fourth-order valence-electron chi connectivity index (χ4n) is 5.04. The third kappa shape index (κ3) is 1.30. The lowest BCUT2D eigenvalue weighted by molar-refractivity contribution is -0.196. The zero-order valence-corrected chi connectivity index (χ0v) is 12.8. The number of urea groups is 1. The fraction of sp³-hybridized carbons (Fsp3) is 0.529. The molecule has 0 radical (unpaired) electrons. The van der Waals surface area contributed by atoms with Gasteiger partial charge in [0.05, 0.1) is 18.7 Å². The van der Waals surface area contributed by atoms with Crippen LogP contribution in [-0.2, 0) is 9.53 Å². The van der Waals surface area contributed by atoms with E-state index in [9.17, 15) is 9.59 Å². The third-order valence-electron chi connectivity index (χ3n) is 6.22. The molecule has 4 atom stereocenters. The molecule has 4 rings (SSSR count). The number of amides is 2. The summed E-state index contributed by atoms with van der Waals surface area (Å²) in [5.41, 5.74) is -0.173. The monoisotopic (exact) mass is 300 g/mol. The Kier molecular flexibility index (Phi) is 2.63. The van der Waals surface area contributed by atoms with Crippen LogP contribution in [0.4, 0.5) is 4.79 Å². The fourth-order valence-corrected chi connectivity index (χ4v) is 5.04. The third-order valence-corrected chi connectivity index (χ3v) is 6.22. The van der Waals surface area contributed by atoms with Crippen molar-refractivity contribution in [1.82, 2.24) is 10.2 Å². The van der Waals surface area contributed by atoms with E-state index in [0.717, 1.165) is 18.4 Å². The van der Waals surface area contributed by atoms with Crippen molar-refractivity contribution in [2.75, 3.05) is 13.7 Å². The van der Waals surface area contributed by atoms with E-state index in [0.29, 0.717) is 12.5 Å². The molecule has 116 valence electrons. The van der Waals surface area contributed by atoms with E-state index >= 15 is 0 Å². The lowest BCUT2D eigenvalue weighted by atomic mass is 9.45. The van der Waals surface area contributed by atoms with Crippen molar-refractivity contribution in [3.63, 3.8) is 0 Å². The summed E-state index contributed by atoms with van der Waals surface area (Å²) in [6, 6.07) is 9.35. The molecule has 2 saturated heterocycles. The molecule has 0 bridgehead atoms. The summed E-state index contributed by atoms with van der Waals surface area (Å²) in [5.74, 6) is 0.163. The predicted molar refractivity (Wildman–Crippen MR) is 80.0 cm³/mol. The van der Waals surface area contributed by atoms with E-state index in [1.54, 1.807) is 0 Å². The Morgan fingerprint density at radius 2 is 2.09 bits per heavy atom. The van der Waals surface area contributed by atoms with Gasteiger partial charge in [0.1, 0.15) is 5.41 Å². The minimum Gasteiger partial charge on any atom is -0.468 e. The molecule has 2 heterocycles. The van der Waals surface area contributed by atoms with Crippen LogP contribution in [0.5, 0.6) is 0 Å². The van der Waals surface area contributed by atoms with Crippen molar-refractivity contribution in [2.24, 2.45) is 11.3 Å². The molecule has 2 amide bonds. The van der Waals surface area contributed by atoms with Gasteiger partial charge in [-0.25, -0.2) is 4.79 Å². The van der Waals surface area contributed by atoms with E-state index < -0.39 is 11.0 Å². The molecule has 22 heavy (non-hydrogen) atoms. The van der Waals surface area contributed by atoms with Crippen molar-refractivity contribution >= 4 is 12.0 Å². The number of esters is 1. The van der Waals surface area contributed by atoms with Gasteiger partial charge >= 0.3 is 12.0 Å². The van der Waals surface area contributed by atoms with Crippen molar-refractivity contribution in [1.29, 1.82) is 0 Å². The quantitative estimate of drug-likeness (QED) is 0.851. The molecule has 1 aliphatic carbocycles. The van der Waals surface area contributed by atoms with Gasteiger partial charge in [0.25, 0.3) is 0 Å². The molecule has 0 unspecified atom stereocenters. The number of ether oxygens (including phenoxy) is 1. The first-order chi connectivity index (χ1) is 10.6. The van der Waals surface area contributed by atoms with Gasteiger partial charge in [-0.15, -0.1) is 0 Å². The Morgan fingerprint density at radius 1 is 1.36 bits per heavy atom. The molecular formula is C17H20N2O3. The topological polar surface area (TPSA) is 58.6 Å². The summed E-state index contributed by atoms with van der Waals surface area (Å²) < 4.78 is 5.17. The molecule has 5 nitrogen and oxygen atoms in total. The van der Waals surface area contributed by atoms with E-state index in [2.05, 4.69) is 12.2 Å². The van der Waals surface area contributed by atoms with Crippen LogP contribution in [0.25, 0.3) is 0 Å². The van der Waals surface area contributed by atoms with Crippen molar-refractivity contribution in [2.45, 2.75) is 31.3 Å². The summed E-state index contributed by atoms with van der Waals surface area (Å²) in [6.07, 6.45) is 1.73. The standard InChI is InChI=1S/C17H20N2O3/c1-16-12-8-9-19(16)15(21)18-13(11-6-4-3-5-7-11)17(16,10-12)14(20)22-2/h3-7,12-13H,8-10H2,1-2H3,(H,18,21)/t12-,13+,16-,17-/m0/s1. The maximum atomic E-state index is 12.8. The average Bonchev–Trinajstić information content (AvgIpc) is 2.85. The molecule has 0 aromatic heterocycles. The summed E-state index contributed by atoms with van der Waals surface area (Å²) in [6.45, 7) is 2.77. The van der Waals surface area contributed by atoms with E-state index in [1.807, 2.05) is 35.2 Å². The second-order valence-electron chi connectivity index (χ2n) is 6.75. The Bertz CT molecular complexity index is 647. The summed E-state index contributed by atoms with van der Waals surface area (Å²) in [4.78, 5) is 27.2. The number of methoxy groups -OCH3 is 1. The number of hydrogen-bond donors (Lipinski definition) is 1. The lowest BCUT2D eigenvalue weighted by Crippen LogP contribution is -2.78. The number of nitrogens with one attached hydrogen (secondary N) is 1. The highest BCUT2D eigenvalue weighted by Gasteiger charge is 2.77. The molecule has 0 spiro atoms. The Labute approximate surface area is 129 Å². The predicted octanol–water partition coefficient (Wildman–Crippen LogP) is 2.09. The summed E-state index contributed by atoms with van der Waals surface area (Å²) in [5, 5.41) is 3.06. The number of benzene rings is 1. The molecule has 5 heteroatoms. The van der Waals surface area contributed by atoms with Crippen LogP contribution in [0.1, 0.15) is 31.4 Å². The van der Waals surface area contributed by atoms with Crippen LogP contribution in [0.15, 0.2) is 30.3 Å². The maximum Gasteiger partial charge on any atom is 0.318 e. The zero-order chi connectivity index (χ0) is 15.5. The maximum absolute atomic E-state index is 12.8. The van der Waals surface area contributed by atoms with Crippen LogP contribution in [0.3, 0.4) is 0 Å². The molecule has 3 aliphatic rings. The number of nitrogens with zero attached hydrogens (tertiary/aromatic N) is 1. The van der Waals surface area contributed by atoms with Gasteiger partial charge in [0.15, 0.2) is 0 Å². The molecule has 1 aromatic carbocycles. The van der Waals surface area contributed by atoms with Gasteiger partial charge in [-0.1, -0.05) is 30.3 Å². The average molecular weight is 300 g/mol. The molecule has 2 aliphatic heterocycles. The zero-order valence-electron chi connectivity index (χ0n) is 12.8. The first-order valence-corrected chi connectivity index (χ1v) is 7.77. The van der Waals surface area contributed by atoms with Gasteiger partial charge in [0, 0.05) is 6.54 Å². The molecule has 1 saturated carbocycles. The van der Waals surface area contributed by atoms with E-state index in [4.69, 9.17) is 4.74 Å². The smallest absolute Gasteiger partial charge is 0.318 e. The van der Waals surface area contributed by atoms with Gasteiger partial charge in [-0.2, -0.15) is 0 Å². The lowest BCUT2D eigenvalue weighted by Gasteiger charge is -2.66. The normalized spacial score (nSPS) is 38.8. The second-order valence-corrected chi connectivity index (χ2v) is 6.75. The van der Waals surface area contributed by atoms with Crippen molar-refractivity contribution in [3.8, 4) is 0 Å². The number of carbonyl (C=O) groups is 2. The molecular weight excluding hydrogens is 280 g/mol. The minimum absolute atomic E-state index is 0.0712. The first-order valence-electron chi connectivity index (χ1n) is 7.77. The summed E-state index contributed by atoms with van der Waals surface area (Å²) >= 11 is 0. The number of carbonyl (C=O) groups excluding carboxylic acids is 2. The Hall–Kier alpha value is -2.04. The Balaban J connectivity index is 1.88. The van der Waals surface area contributed by atoms with Crippen LogP contribution >= 0.6 is 0 Å². The van der Waals surface area contributed by atoms with Gasteiger partial charge in [-0.3, -0.25) is 4.79 Å². The first kappa shape index (κ1) is 13.6. The van der Waals surface area contributed by atoms with Crippen LogP contribution in [-0.4, -0.2) is 36.1 Å². The summed E-state index contributed by atoms with van der Waals surface area (Å²) in [7, 11) is 1.44. The second kappa shape index (κ2) is 4.24. The SMILES string of the molecule is COC(=O)[C@]12C[C@@H]3CCN(C(=O)N[C@@H]1c1ccccc1)[C@@]32C. The highest BCUT2D eigenvalue weighted by Crippen LogP contribution is 2.68. The van der Waals surface area contributed by atoms with Gasteiger partial charge in [0.2, 0.25) is 0 Å². The largest absolute Gasteiger partial charge is 0.468 e. The molecule has 1 aromatic rings. The van der Waals surface area contributed by atoms with Gasteiger partial charge in [-0.05, 0) is 31.2 Å². The molecule has 3 fully saturated rings. The highest BCUT2D eigenvalue weighted by molar-refractivity contribution is 5.89. The number of rotatable bonds is 2. The van der Waals surface area contributed by atoms with E-state index in [-0.39, 0.29) is 18.0 Å². The van der Waals surface area contributed by atoms with Crippen molar-refractivity contribution < 1.29 is 14.3 Å². The minimum atomic E-state index is -0.696. The molecule has 1 N–H and O–H groups in total. The van der Waals surface area contributed by atoms with Crippen LogP contribution in [0.2, 0.25) is 0 Å². The number of hydrogen-bond acceptors (Lipinski definition) is 3. The van der Waals surface area contributed by atoms with Gasteiger partial charge < -0.3 is 15.0 Å². The highest BCUT2D eigenvalue weighted by atomic mass is 16.5. The van der Waals surface area contributed by atoms with Crippen LogP contribution in [0, 0.1) is 11.3 Å². The van der Waals surface area contributed by atoms with Crippen LogP contribution < -0.4 is 5.32 Å². The Morgan fingerprint density at radius 3 is 2.77 bits per heavy atom.